The first-order valence-electron chi connectivity index (χ1n) is 6.89. The minimum absolute atomic E-state index is 0.0520. The van der Waals surface area contributed by atoms with E-state index in [1.54, 1.807) is 11.3 Å². The third kappa shape index (κ3) is 3.77. The number of ether oxygens (including phenoxy) is 2. The Labute approximate surface area is 135 Å². The van der Waals surface area contributed by atoms with Gasteiger partial charge >= 0.3 is 6.29 Å². The Morgan fingerprint density at radius 3 is 2.83 bits per heavy atom. The van der Waals surface area contributed by atoms with E-state index in [9.17, 15) is 13.6 Å². The zero-order chi connectivity index (χ0) is 16.4. The van der Waals surface area contributed by atoms with E-state index in [4.69, 9.17) is 0 Å². The van der Waals surface area contributed by atoms with Crippen molar-refractivity contribution >= 4 is 22.9 Å². The molecule has 0 aliphatic carbocycles. The second-order valence-corrected chi connectivity index (χ2v) is 5.97. The number of anilines is 1. The van der Waals surface area contributed by atoms with Crippen molar-refractivity contribution < 1.29 is 23.0 Å². The topological polar surface area (TPSA) is 59.6 Å². The zero-order valence-corrected chi connectivity index (χ0v) is 13.0. The second-order valence-electron chi connectivity index (χ2n) is 5.00. The van der Waals surface area contributed by atoms with E-state index in [1.807, 2.05) is 24.4 Å². The van der Waals surface area contributed by atoms with Gasteiger partial charge < -0.3 is 20.1 Å². The maximum Gasteiger partial charge on any atom is 0.586 e. The predicted molar refractivity (Wildman–Crippen MR) is 82.0 cm³/mol. The monoisotopic (exact) mass is 340 g/mol. The maximum atomic E-state index is 12.9. The van der Waals surface area contributed by atoms with E-state index in [0.29, 0.717) is 5.69 Å². The lowest BCUT2D eigenvalue weighted by Gasteiger charge is -2.12. The Kier molecular flexibility index (Phi) is 4.18. The number of rotatable bonds is 5. The van der Waals surface area contributed by atoms with Crippen LogP contribution in [0.3, 0.4) is 0 Å². The molecule has 1 aromatic carbocycles. The predicted octanol–water partition coefficient (Wildman–Crippen LogP) is 3.36. The van der Waals surface area contributed by atoms with Crippen LogP contribution >= 0.6 is 11.3 Å². The van der Waals surface area contributed by atoms with Gasteiger partial charge in [-0.05, 0) is 30.5 Å². The summed E-state index contributed by atoms with van der Waals surface area (Å²) < 4.78 is 34.5. The number of hydrogen-bond acceptors (Lipinski definition) is 5. The fraction of sp³-hybridized carbons (Fsp3) is 0.267. The molecular formula is C15H14F2N2O3S. The molecule has 0 saturated carbocycles. The first kappa shape index (κ1) is 15.7. The van der Waals surface area contributed by atoms with Crippen LogP contribution in [0.5, 0.6) is 11.5 Å². The number of thiophene rings is 1. The van der Waals surface area contributed by atoms with Crippen molar-refractivity contribution in [1.29, 1.82) is 0 Å². The lowest BCUT2D eigenvalue weighted by Crippen LogP contribution is -2.29. The van der Waals surface area contributed by atoms with E-state index >= 15 is 0 Å². The van der Waals surface area contributed by atoms with Gasteiger partial charge in [-0.3, -0.25) is 4.79 Å². The molecule has 0 saturated heterocycles. The third-order valence-electron chi connectivity index (χ3n) is 3.22. The summed E-state index contributed by atoms with van der Waals surface area (Å²) in [5.74, 6) is -0.441. The number of carbonyl (C=O) groups excluding carboxylic acids is 1. The van der Waals surface area contributed by atoms with Crippen molar-refractivity contribution in [2.75, 3.05) is 11.9 Å². The van der Waals surface area contributed by atoms with Crippen LogP contribution in [0.2, 0.25) is 0 Å². The van der Waals surface area contributed by atoms with E-state index in [-0.39, 0.29) is 30.0 Å². The standard InChI is InChI=1S/C15H14F2N2O3S/c1-9(13-3-2-6-23-13)18-8-14(20)19-10-4-5-11-12(7-10)22-15(16,17)21-11/h2-7,9,18H,8H2,1H3,(H,19,20). The molecule has 1 unspecified atom stereocenters. The molecule has 1 aliphatic rings. The Morgan fingerprint density at radius 2 is 2.09 bits per heavy atom. The van der Waals surface area contributed by atoms with Gasteiger partial charge in [-0.15, -0.1) is 20.1 Å². The van der Waals surface area contributed by atoms with Crippen LogP contribution in [0.25, 0.3) is 0 Å². The Bertz CT molecular complexity index is 707. The van der Waals surface area contributed by atoms with Gasteiger partial charge in [0.25, 0.3) is 0 Å². The lowest BCUT2D eigenvalue weighted by atomic mass is 10.2. The minimum atomic E-state index is -3.66. The molecule has 5 nitrogen and oxygen atoms in total. The molecule has 3 rings (SSSR count). The number of nitrogens with one attached hydrogen (secondary N) is 2. The summed E-state index contributed by atoms with van der Waals surface area (Å²) in [7, 11) is 0. The van der Waals surface area contributed by atoms with Gasteiger partial charge in [0.15, 0.2) is 11.5 Å². The van der Waals surface area contributed by atoms with Crippen molar-refractivity contribution in [3.8, 4) is 11.5 Å². The molecule has 0 spiro atoms. The van der Waals surface area contributed by atoms with Gasteiger partial charge in [0.1, 0.15) is 0 Å². The Balaban J connectivity index is 1.55. The van der Waals surface area contributed by atoms with Crippen LogP contribution in [0, 0.1) is 0 Å². The fourth-order valence-corrected chi connectivity index (χ4v) is 2.87. The van der Waals surface area contributed by atoms with E-state index in [1.165, 1.54) is 18.2 Å². The summed E-state index contributed by atoms with van der Waals surface area (Å²) >= 11 is 1.60. The number of halogens is 2. The number of alkyl halides is 2. The summed E-state index contributed by atoms with van der Waals surface area (Å²) in [6.07, 6.45) is -3.66. The van der Waals surface area contributed by atoms with Crippen molar-refractivity contribution in [2.24, 2.45) is 0 Å². The van der Waals surface area contributed by atoms with Crippen LogP contribution in [-0.4, -0.2) is 18.7 Å². The Morgan fingerprint density at radius 1 is 1.30 bits per heavy atom. The van der Waals surface area contributed by atoms with Crippen LogP contribution in [0.4, 0.5) is 14.5 Å². The highest BCUT2D eigenvalue weighted by molar-refractivity contribution is 7.10. The van der Waals surface area contributed by atoms with Crippen molar-refractivity contribution in [1.82, 2.24) is 5.32 Å². The molecule has 23 heavy (non-hydrogen) atoms. The number of carbonyl (C=O) groups is 1. The smallest absolute Gasteiger partial charge is 0.395 e. The summed E-state index contributed by atoms with van der Waals surface area (Å²) in [5, 5.41) is 7.68. The molecular weight excluding hydrogens is 326 g/mol. The largest absolute Gasteiger partial charge is 0.586 e. The summed E-state index contributed by atoms with van der Waals surface area (Å²) in [6, 6.07) is 8.09. The van der Waals surface area contributed by atoms with Crippen LogP contribution < -0.4 is 20.1 Å². The molecule has 0 fully saturated rings. The molecule has 1 amide bonds. The van der Waals surface area contributed by atoms with Gasteiger partial charge in [-0.25, -0.2) is 0 Å². The molecule has 2 heterocycles. The van der Waals surface area contributed by atoms with Crippen LogP contribution in [0.1, 0.15) is 17.8 Å². The van der Waals surface area contributed by atoms with Gasteiger partial charge in [-0.1, -0.05) is 6.07 Å². The number of hydrogen-bond donors (Lipinski definition) is 2. The third-order valence-corrected chi connectivity index (χ3v) is 4.28. The molecule has 0 bridgehead atoms. The summed E-state index contributed by atoms with van der Waals surface area (Å²) in [5.41, 5.74) is 0.362. The quantitative estimate of drug-likeness (QED) is 0.876. The summed E-state index contributed by atoms with van der Waals surface area (Å²) in [4.78, 5) is 13.1. The molecule has 2 N–H and O–H groups in total. The van der Waals surface area contributed by atoms with E-state index < -0.39 is 6.29 Å². The van der Waals surface area contributed by atoms with Gasteiger partial charge in [-0.2, -0.15) is 0 Å². The van der Waals surface area contributed by atoms with Crippen LogP contribution in [-0.2, 0) is 4.79 Å². The highest BCUT2D eigenvalue weighted by Gasteiger charge is 2.43. The molecule has 2 aromatic rings. The minimum Gasteiger partial charge on any atom is -0.395 e. The number of fused-ring (bicyclic) bond motifs is 1. The average Bonchev–Trinajstić information content (AvgIpc) is 3.10. The molecule has 122 valence electrons. The highest BCUT2D eigenvalue weighted by Crippen LogP contribution is 2.42. The number of benzene rings is 1. The second kappa shape index (κ2) is 6.13. The van der Waals surface area contributed by atoms with Gasteiger partial charge in [0.05, 0.1) is 6.54 Å². The van der Waals surface area contributed by atoms with E-state index in [2.05, 4.69) is 20.1 Å². The van der Waals surface area contributed by atoms with E-state index in [0.717, 1.165) is 4.88 Å². The summed E-state index contributed by atoms with van der Waals surface area (Å²) in [6.45, 7) is 2.06. The zero-order valence-electron chi connectivity index (χ0n) is 12.1. The fourth-order valence-electron chi connectivity index (χ4n) is 2.12. The molecule has 1 atom stereocenters. The first-order chi connectivity index (χ1) is 10.9. The number of amides is 1. The lowest BCUT2D eigenvalue weighted by molar-refractivity contribution is -0.286. The van der Waals surface area contributed by atoms with Gasteiger partial charge in [0, 0.05) is 22.7 Å². The van der Waals surface area contributed by atoms with Crippen LogP contribution in [0.15, 0.2) is 35.7 Å². The highest BCUT2D eigenvalue weighted by atomic mass is 32.1. The SMILES string of the molecule is CC(NCC(=O)Nc1ccc2c(c1)OC(F)(F)O2)c1cccs1. The molecule has 1 aliphatic heterocycles. The van der Waals surface area contributed by atoms with Crippen molar-refractivity contribution in [2.45, 2.75) is 19.3 Å². The van der Waals surface area contributed by atoms with Crippen molar-refractivity contribution in [3.63, 3.8) is 0 Å². The Hall–Kier alpha value is -2.19. The maximum absolute atomic E-state index is 12.9. The van der Waals surface area contributed by atoms with Gasteiger partial charge in [0.2, 0.25) is 5.91 Å². The molecule has 8 heteroatoms. The average molecular weight is 340 g/mol. The molecule has 1 aromatic heterocycles. The molecule has 0 radical (unpaired) electrons. The van der Waals surface area contributed by atoms with Crippen molar-refractivity contribution in [3.05, 3.63) is 40.6 Å². The first-order valence-corrected chi connectivity index (χ1v) is 7.77. The normalized spacial score (nSPS) is 16.1.